The van der Waals surface area contributed by atoms with Gasteiger partial charge in [0.1, 0.15) is 5.92 Å². The van der Waals surface area contributed by atoms with Gasteiger partial charge in [-0.3, -0.25) is 4.79 Å². The van der Waals surface area contributed by atoms with Gasteiger partial charge in [-0.2, -0.15) is 5.26 Å². The first-order valence-corrected chi connectivity index (χ1v) is 5.11. The first-order valence-electron chi connectivity index (χ1n) is 5.11. The van der Waals surface area contributed by atoms with Crippen molar-refractivity contribution < 1.29 is 9.53 Å². The van der Waals surface area contributed by atoms with Gasteiger partial charge >= 0.3 is 5.97 Å². The van der Waals surface area contributed by atoms with E-state index in [-0.39, 0.29) is 11.4 Å². The molecule has 0 heterocycles. The third-order valence-electron chi connectivity index (χ3n) is 2.96. The first-order chi connectivity index (χ1) is 6.55. The molecule has 1 atom stereocenters. The van der Waals surface area contributed by atoms with Gasteiger partial charge in [-0.15, -0.1) is 0 Å². The maximum Gasteiger partial charge on any atom is 0.323 e. The zero-order chi connectivity index (χ0) is 11.2. The van der Waals surface area contributed by atoms with Gasteiger partial charge < -0.3 is 4.74 Å². The quantitative estimate of drug-likeness (QED) is 0.636. The molecule has 14 heavy (non-hydrogen) atoms. The van der Waals surface area contributed by atoms with Crippen LogP contribution in [0, 0.1) is 22.7 Å². The summed E-state index contributed by atoms with van der Waals surface area (Å²) in [5.41, 5.74) is -0.263. The molecule has 0 fully saturated rings. The molecule has 0 aliphatic heterocycles. The number of nitrogens with zero attached hydrogens (tertiary/aromatic N) is 1. The van der Waals surface area contributed by atoms with Crippen molar-refractivity contribution in [3.05, 3.63) is 0 Å². The van der Waals surface area contributed by atoms with Crippen molar-refractivity contribution >= 4 is 5.97 Å². The van der Waals surface area contributed by atoms with Crippen molar-refractivity contribution in [1.29, 1.82) is 5.26 Å². The summed E-state index contributed by atoms with van der Waals surface area (Å²) in [6, 6.07) is 2.05. The minimum atomic E-state index is -0.641. The molecule has 3 heteroatoms. The van der Waals surface area contributed by atoms with Crippen LogP contribution in [-0.4, -0.2) is 12.6 Å². The van der Waals surface area contributed by atoms with Crippen LogP contribution in [0.15, 0.2) is 0 Å². The fourth-order valence-electron chi connectivity index (χ4n) is 1.38. The maximum absolute atomic E-state index is 11.5. The number of carbonyl (C=O) groups excluding carboxylic acids is 1. The van der Waals surface area contributed by atoms with Gasteiger partial charge in [0.15, 0.2) is 0 Å². The number of hydrogen-bond acceptors (Lipinski definition) is 3. The van der Waals surface area contributed by atoms with E-state index in [4.69, 9.17) is 10.00 Å². The molecule has 0 amide bonds. The van der Waals surface area contributed by atoms with Crippen LogP contribution in [-0.2, 0) is 9.53 Å². The van der Waals surface area contributed by atoms with Crippen LogP contribution in [0.2, 0.25) is 0 Å². The molecule has 0 spiro atoms. The van der Waals surface area contributed by atoms with Crippen LogP contribution in [0.1, 0.15) is 40.5 Å². The second-order valence-electron chi connectivity index (χ2n) is 3.68. The van der Waals surface area contributed by atoms with Crippen molar-refractivity contribution in [2.24, 2.45) is 11.3 Å². The predicted octanol–water partition coefficient (Wildman–Crippen LogP) is 2.52. The van der Waals surface area contributed by atoms with Gasteiger partial charge in [0.25, 0.3) is 0 Å². The average molecular weight is 197 g/mol. The molecule has 0 rings (SSSR count). The van der Waals surface area contributed by atoms with Gasteiger partial charge in [-0.05, 0) is 25.2 Å². The summed E-state index contributed by atoms with van der Waals surface area (Å²) < 4.78 is 4.88. The third-order valence-corrected chi connectivity index (χ3v) is 2.96. The van der Waals surface area contributed by atoms with E-state index in [9.17, 15) is 4.79 Å². The van der Waals surface area contributed by atoms with Crippen LogP contribution < -0.4 is 0 Å². The first kappa shape index (κ1) is 13.0. The fraction of sp³-hybridized carbons (Fsp3) is 0.818. The molecule has 0 N–H and O–H groups in total. The molecule has 0 aliphatic carbocycles. The van der Waals surface area contributed by atoms with Gasteiger partial charge in [-0.25, -0.2) is 0 Å². The minimum absolute atomic E-state index is 0.263. The van der Waals surface area contributed by atoms with Crippen LogP contribution >= 0.6 is 0 Å². The number of carbonyl (C=O) groups is 1. The van der Waals surface area contributed by atoms with E-state index in [1.807, 2.05) is 20.8 Å². The van der Waals surface area contributed by atoms with Crippen molar-refractivity contribution in [2.45, 2.75) is 40.5 Å². The van der Waals surface area contributed by atoms with Gasteiger partial charge in [-0.1, -0.05) is 20.8 Å². The third kappa shape index (κ3) is 2.73. The van der Waals surface area contributed by atoms with Gasteiger partial charge in [0, 0.05) is 0 Å². The number of ether oxygens (including phenoxy) is 1. The molecule has 0 aromatic rings. The summed E-state index contributed by atoms with van der Waals surface area (Å²) in [4.78, 5) is 11.5. The Morgan fingerprint density at radius 2 is 1.93 bits per heavy atom. The lowest BCUT2D eigenvalue weighted by molar-refractivity contribution is -0.150. The zero-order valence-corrected chi connectivity index (χ0v) is 9.46. The summed E-state index contributed by atoms with van der Waals surface area (Å²) in [5, 5.41) is 8.97. The Labute approximate surface area is 86.1 Å². The van der Waals surface area contributed by atoms with Gasteiger partial charge in [0.2, 0.25) is 0 Å². The number of nitriles is 1. The highest BCUT2D eigenvalue weighted by Gasteiger charge is 2.37. The highest BCUT2D eigenvalue weighted by atomic mass is 16.5. The van der Waals surface area contributed by atoms with E-state index in [0.29, 0.717) is 6.61 Å². The number of esters is 1. The summed E-state index contributed by atoms with van der Waals surface area (Å²) in [5.74, 6) is -1.03. The van der Waals surface area contributed by atoms with Crippen LogP contribution in [0.5, 0.6) is 0 Å². The van der Waals surface area contributed by atoms with Crippen molar-refractivity contribution in [2.75, 3.05) is 6.61 Å². The monoisotopic (exact) mass is 197 g/mol. The minimum Gasteiger partial charge on any atom is -0.465 e. The Balaban J connectivity index is 4.71. The van der Waals surface area contributed by atoms with E-state index < -0.39 is 5.92 Å². The van der Waals surface area contributed by atoms with Crippen molar-refractivity contribution in [3.63, 3.8) is 0 Å². The van der Waals surface area contributed by atoms with E-state index >= 15 is 0 Å². The SMILES string of the molecule is CCOC(=O)[C@@H](C#N)C(C)(CC)CC. The normalized spacial score (nSPS) is 13.1. The predicted molar refractivity (Wildman–Crippen MR) is 54.4 cm³/mol. The maximum atomic E-state index is 11.5. The number of hydrogen-bond donors (Lipinski definition) is 0. The van der Waals surface area contributed by atoms with E-state index in [1.54, 1.807) is 6.92 Å². The van der Waals surface area contributed by atoms with Crippen molar-refractivity contribution in [1.82, 2.24) is 0 Å². The van der Waals surface area contributed by atoms with Crippen molar-refractivity contribution in [3.8, 4) is 6.07 Å². The molecule has 0 radical (unpaired) electrons. The Morgan fingerprint density at radius 1 is 1.43 bits per heavy atom. The number of rotatable bonds is 5. The molecule has 0 aromatic carbocycles. The Kier molecular flexibility index (Phi) is 5.22. The Morgan fingerprint density at radius 3 is 2.21 bits per heavy atom. The molecule has 0 saturated carbocycles. The summed E-state index contributed by atoms with van der Waals surface area (Å²) in [6.45, 7) is 8.03. The van der Waals surface area contributed by atoms with Crippen LogP contribution in [0.25, 0.3) is 0 Å². The average Bonchev–Trinajstić information content (AvgIpc) is 2.19. The lowest BCUT2D eigenvalue weighted by Crippen LogP contribution is -2.32. The highest BCUT2D eigenvalue weighted by molar-refractivity contribution is 5.76. The molecular formula is C11H19NO2. The largest absolute Gasteiger partial charge is 0.465 e. The fourth-order valence-corrected chi connectivity index (χ4v) is 1.38. The molecule has 3 nitrogen and oxygen atoms in total. The van der Waals surface area contributed by atoms with E-state index in [2.05, 4.69) is 6.07 Å². The Bertz CT molecular complexity index is 226. The molecule has 0 bridgehead atoms. The molecular weight excluding hydrogens is 178 g/mol. The smallest absolute Gasteiger partial charge is 0.323 e. The highest BCUT2D eigenvalue weighted by Crippen LogP contribution is 2.35. The molecule has 0 unspecified atom stereocenters. The second kappa shape index (κ2) is 5.64. The molecule has 0 saturated heterocycles. The lowest BCUT2D eigenvalue weighted by Gasteiger charge is -2.29. The zero-order valence-electron chi connectivity index (χ0n) is 9.46. The summed E-state index contributed by atoms with van der Waals surface area (Å²) in [6.07, 6.45) is 1.61. The molecule has 0 aliphatic rings. The molecule has 80 valence electrons. The Hall–Kier alpha value is -1.04. The van der Waals surface area contributed by atoms with Gasteiger partial charge in [0.05, 0.1) is 12.7 Å². The van der Waals surface area contributed by atoms with E-state index in [0.717, 1.165) is 12.8 Å². The standard InChI is InChI=1S/C11H19NO2/c1-5-11(4,6-2)9(8-12)10(13)14-7-3/h9H,5-7H2,1-4H3/t9-/m1/s1. The lowest BCUT2D eigenvalue weighted by atomic mass is 9.73. The molecule has 0 aromatic heterocycles. The summed E-state index contributed by atoms with van der Waals surface area (Å²) in [7, 11) is 0. The van der Waals surface area contributed by atoms with E-state index in [1.165, 1.54) is 0 Å². The summed E-state index contributed by atoms with van der Waals surface area (Å²) >= 11 is 0. The second-order valence-corrected chi connectivity index (χ2v) is 3.68. The van der Waals surface area contributed by atoms with Crippen LogP contribution in [0.4, 0.5) is 0 Å². The van der Waals surface area contributed by atoms with Crippen LogP contribution in [0.3, 0.4) is 0 Å². The topological polar surface area (TPSA) is 50.1 Å².